The van der Waals surface area contributed by atoms with Crippen LogP contribution in [0.5, 0.6) is 5.75 Å². The predicted octanol–water partition coefficient (Wildman–Crippen LogP) is 4.15. The highest BCUT2D eigenvalue weighted by Gasteiger charge is 2.28. The van der Waals surface area contributed by atoms with Gasteiger partial charge >= 0.3 is 0 Å². The molecule has 0 aliphatic carbocycles. The summed E-state index contributed by atoms with van der Waals surface area (Å²) in [4.78, 5) is 11.0. The molecule has 0 aliphatic heterocycles. The summed E-state index contributed by atoms with van der Waals surface area (Å²) in [5.74, 6) is 0.371. The Bertz CT molecular complexity index is 411. The van der Waals surface area contributed by atoms with Crippen LogP contribution in [0, 0.1) is 5.41 Å². The van der Waals surface area contributed by atoms with Gasteiger partial charge < -0.3 is 10.5 Å². The highest BCUT2D eigenvalue weighted by molar-refractivity contribution is 9.09. The number of primary amides is 1. The van der Waals surface area contributed by atoms with Crippen molar-refractivity contribution in [2.24, 2.45) is 11.1 Å². The molecule has 1 rings (SSSR count). The summed E-state index contributed by atoms with van der Waals surface area (Å²) in [6, 6.07) is 7.01. The molecule has 0 aliphatic rings. The van der Waals surface area contributed by atoms with Gasteiger partial charge in [-0.2, -0.15) is 0 Å². The van der Waals surface area contributed by atoms with Crippen LogP contribution >= 0.6 is 15.9 Å². The van der Waals surface area contributed by atoms with E-state index in [9.17, 15) is 4.79 Å². The first kappa shape index (κ1) is 17.0. The zero-order valence-corrected chi connectivity index (χ0v) is 13.9. The van der Waals surface area contributed by atoms with Gasteiger partial charge in [-0.05, 0) is 37.1 Å². The van der Waals surface area contributed by atoms with Crippen molar-refractivity contribution in [2.75, 3.05) is 11.9 Å². The van der Waals surface area contributed by atoms with Crippen molar-refractivity contribution in [3.63, 3.8) is 0 Å². The van der Waals surface area contributed by atoms with E-state index < -0.39 is 5.91 Å². The van der Waals surface area contributed by atoms with Gasteiger partial charge in [-0.25, -0.2) is 0 Å². The van der Waals surface area contributed by atoms with E-state index >= 15 is 0 Å². The van der Waals surface area contributed by atoms with Gasteiger partial charge in [0.2, 0.25) is 5.91 Å². The second kappa shape index (κ2) is 8.30. The summed E-state index contributed by atoms with van der Waals surface area (Å²) in [5, 5.41) is 0.945. The molecule has 1 aromatic rings. The molecule has 3 nitrogen and oxygen atoms in total. The third-order valence-corrected chi connectivity index (χ3v) is 4.72. The molecule has 0 spiro atoms. The van der Waals surface area contributed by atoms with Crippen molar-refractivity contribution < 1.29 is 9.53 Å². The summed E-state index contributed by atoms with van der Waals surface area (Å²) in [5.41, 5.74) is 5.91. The van der Waals surface area contributed by atoms with E-state index in [1.54, 1.807) is 24.3 Å². The van der Waals surface area contributed by atoms with Crippen LogP contribution < -0.4 is 10.5 Å². The topological polar surface area (TPSA) is 52.3 Å². The Morgan fingerprint density at radius 3 is 2.15 bits per heavy atom. The second-order valence-electron chi connectivity index (χ2n) is 5.31. The fraction of sp³-hybridized carbons (Fsp3) is 0.562. The van der Waals surface area contributed by atoms with E-state index in [4.69, 9.17) is 10.5 Å². The van der Waals surface area contributed by atoms with Crippen LogP contribution in [0.15, 0.2) is 24.3 Å². The van der Waals surface area contributed by atoms with Crippen LogP contribution in [0.25, 0.3) is 0 Å². The van der Waals surface area contributed by atoms with Gasteiger partial charge in [-0.1, -0.05) is 42.6 Å². The van der Waals surface area contributed by atoms with Gasteiger partial charge in [-0.3, -0.25) is 4.79 Å². The average molecular weight is 342 g/mol. The number of halogens is 1. The summed E-state index contributed by atoms with van der Waals surface area (Å²) in [6.07, 6.45) is 4.59. The largest absolute Gasteiger partial charge is 0.493 e. The molecule has 0 fully saturated rings. The first-order chi connectivity index (χ1) is 9.56. The molecule has 0 saturated carbocycles. The number of benzene rings is 1. The fourth-order valence-electron chi connectivity index (χ4n) is 2.45. The first-order valence-corrected chi connectivity index (χ1v) is 8.27. The third kappa shape index (κ3) is 4.82. The molecule has 0 unspecified atom stereocenters. The van der Waals surface area contributed by atoms with Crippen LogP contribution in [0.2, 0.25) is 0 Å². The quantitative estimate of drug-likeness (QED) is 0.686. The Balaban J connectivity index is 2.68. The summed E-state index contributed by atoms with van der Waals surface area (Å²) < 4.78 is 5.92. The average Bonchev–Trinajstić information content (AvgIpc) is 2.45. The molecule has 2 N–H and O–H groups in total. The minimum Gasteiger partial charge on any atom is -0.493 e. The Kier molecular flexibility index (Phi) is 7.06. The van der Waals surface area contributed by atoms with Crippen LogP contribution in [0.4, 0.5) is 0 Å². The normalized spacial score (nSPS) is 11.3. The van der Waals surface area contributed by atoms with E-state index in [1.807, 2.05) is 0 Å². The highest BCUT2D eigenvalue weighted by Crippen LogP contribution is 2.33. The van der Waals surface area contributed by atoms with E-state index in [0.29, 0.717) is 12.2 Å². The first-order valence-electron chi connectivity index (χ1n) is 7.15. The maximum Gasteiger partial charge on any atom is 0.248 e. The molecule has 1 aromatic carbocycles. The monoisotopic (exact) mass is 341 g/mol. The Morgan fingerprint density at radius 1 is 1.20 bits per heavy atom. The maximum atomic E-state index is 11.0. The molecule has 0 atom stereocenters. The van der Waals surface area contributed by atoms with Crippen LogP contribution in [-0.2, 0) is 0 Å². The van der Waals surface area contributed by atoms with Crippen LogP contribution in [0.3, 0.4) is 0 Å². The number of alkyl halides is 1. The van der Waals surface area contributed by atoms with Gasteiger partial charge in [-0.15, -0.1) is 0 Å². The number of carbonyl (C=O) groups excluding carboxylic acids is 1. The zero-order chi connectivity index (χ0) is 15.0. The number of hydrogen-bond acceptors (Lipinski definition) is 2. The Morgan fingerprint density at radius 2 is 1.75 bits per heavy atom. The van der Waals surface area contributed by atoms with Gasteiger partial charge in [0.1, 0.15) is 5.75 Å². The minimum atomic E-state index is -0.414. The molecule has 0 bridgehead atoms. The molecule has 20 heavy (non-hydrogen) atoms. The third-order valence-electron chi connectivity index (χ3n) is 3.53. The number of carbonyl (C=O) groups is 1. The number of amides is 1. The fourth-order valence-corrected chi connectivity index (χ4v) is 3.18. The van der Waals surface area contributed by atoms with E-state index in [0.717, 1.165) is 36.8 Å². The van der Waals surface area contributed by atoms with Crippen molar-refractivity contribution in [1.29, 1.82) is 0 Å². The Hall–Kier alpha value is -1.03. The number of hydrogen-bond donors (Lipinski definition) is 1. The second-order valence-corrected chi connectivity index (χ2v) is 5.87. The van der Waals surface area contributed by atoms with Gasteiger partial charge in [0.05, 0.1) is 6.61 Å². The molecule has 0 radical (unpaired) electrons. The molecule has 0 heterocycles. The van der Waals surface area contributed by atoms with Crippen molar-refractivity contribution >= 4 is 21.8 Å². The summed E-state index contributed by atoms with van der Waals surface area (Å²) in [7, 11) is 0. The van der Waals surface area contributed by atoms with Crippen molar-refractivity contribution in [2.45, 2.75) is 39.5 Å². The van der Waals surface area contributed by atoms with Crippen LogP contribution in [0.1, 0.15) is 49.9 Å². The number of ether oxygens (including phenoxy) is 1. The van der Waals surface area contributed by atoms with E-state index in [-0.39, 0.29) is 5.41 Å². The van der Waals surface area contributed by atoms with Gasteiger partial charge in [0.25, 0.3) is 0 Å². The summed E-state index contributed by atoms with van der Waals surface area (Å²) >= 11 is 3.64. The molecular formula is C16H24BrNO2. The molecule has 112 valence electrons. The van der Waals surface area contributed by atoms with Crippen molar-refractivity contribution in [1.82, 2.24) is 0 Å². The molecule has 0 aromatic heterocycles. The molecule has 0 saturated heterocycles. The SMILES string of the molecule is CCCC(CBr)(CCC)COc1ccc(C(N)=O)cc1. The molecule has 4 heteroatoms. The maximum absolute atomic E-state index is 11.0. The van der Waals surface area contributed by atoms with E-state index in [1.165, 1.54) is 0 Å². The number of rotatable bonds is 9. The number of nitrogens with two attached hydrogens (primary N) is 1. The minimum absolute atomic E-state index is 0.186. The predicted molar refractivity (Wildman–Crippen MR) is 86.5 cm³/mol. The standard InChI is InChI=1S/C16H24BrNO2/c1-3-9-16(11-17,10-4-2)12-20-14-7-5-13(6-8-14)15(18)19/h5-8H,3-4,9-12H2,1-2H3,(H2,18,19). The molecule has 1 amide bonds. The zero-order valence-electron chi connectivity index (χ0n) is 12.3. The lowest BCUT2D eigenvalue weighted by Crippen LogP contribution is -2.30. The van der Waals surface area contributed by atoms with Gasteiger partial charge in [0, 0.05) is 16.3 Å². The summed E-state index contributed by atoms with van der Waals surface area (Å²) in [6.45, 7) is 5.10. The lowest BCUT2D eigenvalue weighted by Gasteiger charge is -2.31. The Labute approximate surface area is 130 Å². The molecular weight excluding hydrogens is 318 g/mol. The van der Waals surface area contributed by atoms with Crippen molar-refractivity contribution in [3.05, 3.63) is 29.8 Å². The highest BCUT2D eigenvalue weighted by atomic mass is 79.9. The lowest BCUT2D eigenvalue weighted by molar-refractivity contribution is 0.1000. The van der Waals surface area contributed by atoms with Crippen LogP contribution in [-0.4, -0.2) is 17.8 Å². The van der Waals surface area contributed by atoms with Crippen molar-refractivity contribution in [3.8, 4) is 5.75 Å². The smallest absolute Gasteiger partial charge is 0.248 e. The van der Waals surface area contributed by atoms with E-state index in [2.05, 4.69) is 29.8 Å². The lowest BCUT2D eigenvalue weighted by atomic mass is 9.82. The van der Waals surface area contributed by atoms with Gasteiger partial charge in [0.15, 0.2) is 0 Å².